The van der Waals surface area contributed by atoms with Crippen LogP contribution in [0, 0.1) is 10.1 Å². The number of rotatable bonds is 7. The van der Waals surface area contributed by atoms with E-state index in [1.165, 1.54) is 0 Å². The molecule has 0 fully saturated rings. The Labute approximate surface area is 114 Å². The van der Waals surface area contributed by atoms with Crippen LogP contribution in [0.5, 0.6) is 0 Å². The molecule has 0 saturated carbocycles. The van der Waals surface area contributed by atoms with Gasteiger partial charge in [0.15, 0.2) is 0 Å². The summed E-state index contributed by atoms with van der Waals surface area (Å²) in [5, 5.41) is 13.4. The van der Waals surface area contributed by atoms with Gasteiger partial charge in [0.25, 0.3) is 12.1 Å². The van der Waals surface area contributed by atoms with E-state index in [2.05, 4.69) is 5.32 Å². The third kappa shape index (κ3) is 4.10. The molecule has 0 aliphatic rings. The number of nitrogens with zero attached hydrogens (tertiary/aromatic N) is 1. The van der Waals surface area contributed by atoms with Crippen molar-refractivity contribution in [2.75, 3.05) is 18.4 Å². The average Bonchev–Trinajstić information content (AvgIpc) is 2.36. The number of nitro groups is 1. The highest BCUT2D eigenvalue weighted by Crippen LogP contribution is 2.27. The number of hydrogen-bond acceptors (Lipinski definition) is 5. The molecule has 1 aromatic carbocycles. The number of hydrogen-bond donors (Lipinski definition) is 2. The first kappa shape index (κ1) is 16.2. The molecule has 0 aliphatic heterocycles. The number of sulfonamides is 1. The van der Waals surface area contributed by atoms with Gasteiger partial charge in [-0.2, -0.15) is 0 Å². The van der Waals surface area contributed by atoms with Crippen molar-refractivity contribution >= 4 is 21.4 Å². The topological polar surface area (TPSA) is 101 Å². The first-order valence-corrected chi connectivity index (χ1v) is 7.06. The molecule has 20 heavy (non-hydrogen) atoms. The Hall–Kier alpha value is -1.81. The molecule has 0 atom stereocenters. The van der Waals surface area contributed by atoms with E-state index in [9.17, 15) is 27.3 Å². The Morgan fingerprint density at radius 3 is 2.55 bits per heavy atom. The number of benzene rings is 1. The van der Waals surface area contributed by atoms with E-state index in [4.69, 9.17) is 0 Å². The first-order chi connectivity index (χ1) is 9.27. The molecule has 0 bridgehead atoms. The van der Waals surface area contributed by atoms with E-state index in [0.717, 1.165) is 18.2 Å². The van der Waals surface area contributed by atoms with Crippen LogP contribution in [0.1, 0.15) is 6.92 Å². The molecule has 0 aromatic heterocycles. The van der Waals surface area contributed by atoms with Crippen molar-refractivity contribution < 1.29 is 22.1 Å². The van der Waals surface area contributed by atoms with Crippen molar-refractivity contribution in [2.24, 2.45) is 0 Å². The first-order valence-electron chi connectivity index (χ1n) is 5.58. The van der Waals surface area contributed by atoms with E-state index < -0.39 is 27.9 Å². The van der Waals surface area contributed by atoms with Crippen LogP contribution in [0.4, 0.5) is 20.2 Å². The number of nitrogens with one attached hydrogen (secondary N) is 2. The van der Waals surface area contributed by atoms with Crippen LogP contribution in [0.15, 0.2) is 23.1 Å². The minimum absolute atomic E-state index is 0.0115. The summed E-state index contributed by atoms with van der Waals surface area (Å²) in [6.45, 7) is 1.00. The lowest BCUT2D eigenvalue weighted by Gasteiger charge is -2.09. The van der Waals surface area contributed by atoms with Crippen molar-refractivity contribution in [1.29, 1.82) is 0 Å². The van der Waals surface area contributed by atoms with Gasteiger partial charge in [0.2, 0.25) is 10.0 Å². The highest BCUT2D eigenvalue weighted by Gasteiger charge is 2.21. The minimum atomic E-state index is -4.13. The zero-order valence-electron chi connectivity index (χ0n) is 10.5. The number of nitro benzene ring substituents is 1. The van der Waals surface area contributed by atoms with Gasteiger partial charge in [0, 0.05) is 12.6 Å². The minimum Gasteiger partial charge on any atom is -0.380 e. The average molecular weight is 309 g/mol. The maximum atomic E-state index is 12.0. The largest absolute Gasteiger partial charge is 0.380 e. The van der Waals surface area contributed by atoms with Crippen molar-refractivity contribution in [3.05, 3.63) is 28.3 Å². The molecule has 112 valence electrons. The van der Waals surface area contributed by atoms with Gasteiger partial charge in [-0.05, 0) is 19.1 Å². The number of alkyl halides is 2. The van der Waals surface area contributed by atoms with E-state index in [1.807, 2.05) is 0 Å². The van der Waals surface area contributed by atoms with Crippen molar-refractivity contribution in [2.45, 2.75) is 18.2 Å². The molecule has 1 rings (SSSR count). The molecule has 0 amide bonds. The summed E-state index contributed by atoms with van der Waals surface area (Å²) in [5.41, 5.74) is -0.280. The SMILES string of the molecule is CCNc1cc(S(=O)(=O)NCC(F)F)ccc1[N+](=O)[O-]. The van der Waals surface area contributed by atoms with Crippen molar-refractivity contribution in [3.8, 4) is 0 Å². The molecule has 0 heterocycles. The standard InChI is InChI=1S/C10H13F2N3O4S/c1-2-13-8-5-7(3-4-9(8)15(16)17)20(18,19)14-6-10(11)12/h3-5,10,13-14H,2,6H2,1H3. The van der Waals surface area contributed by atoms with Crippen LogP contribution in [0.25, 0.3) is 0 Å². The van der Waals surface area contributed by atoms with Crippen LogP contribution in [0.2, 0.25) is 0 Å². The molecular weight excluding hydrogens is 296 g/mol. The molecule has 7 nitrogen and oxygen atoms in total. The summed E-state index contributed by atoms with van der Waals surface area (Å²) in [7, 11) is -4.13. The molecule has 10 heteroatoms. The van der Waals surface area contributed by atoms with Crippen LogP contribution in [-0.4, -0.2) is 32.9 Å². The lowest BCUT2D eigenvalue weighted by atomic mass is 10.2. The maximum Gasteiger partial charge on any atom is 0.292 e. The van der Waals surface area contributed by atoms with Gasteiger partial charge < -0.3 is 5.32 Å². The van der Waals surface area contributed by atoms with Crippen LogP contribution >= 0.6 is 0 Å². The Morgan fingerprint density at radius 1 is 1.40 bits per heavy atom. The number of halogens is 2. The Balaban J connectivity index is 3.13. The Kier molecular flexibility index (Phi) is 5.34. The van der Waals surface area contributed by atoms with Crippen molar-refractivity contribution in [3.63, 3.8) is 0 Å². The molecule has 0 spiro atoms. The maximum absolute atomic E-state index is 12.0. The van der Waals surface area contributed by atoms with Gasteiger partial charge in [0.1, 0.15) is 5.69 Å². The molecule has 2 N–H and O–H groups in total. The highest BCUT2D eigenvalue weighted by molar-refractivity contribution is 7.89. The third-order valence-electron chi connectivity index (χ3n) is 2.27. The smallest absolute Gasteiger partial charge is 0.292 e. The van der Waals surface area contributed by atoms with Gasteiger partial charge in [-0.15, -0.1) is 0 Å². The Morgan fingerprint density at radius 2 is 2.05 bits per heavy atom. The zero-order chi connectivity index (χ0) is 15.3. The molecule has 0 radical (unpaired) electrons. The predicted octanol–water partition coefficient (Wildman–Crippen LogP) is 1.57. The third-order valence-corrected chi connectivity index (χ3v) is 3.69. The fourth-order valence-corrected chi connectivity index (χ4v) is 2.46. The van der Waals surface area contributed by atoms with E-state index in [0.29, 0.717) is 6.54 Å². The molecule has 1 aromatic rings. The zero-order valence-corrected chi connectivity index (χ0v) is 11.3. The summed E-state index contributed by atoms with van der Waals surface area (Å²) < 4.78 is 49.2. The lowest BCUT2D eigenvalue weighted by molar-refractivity contribution is -0.384. The molecule has 0 saturated heterocycles. The van der Waals surface area contributed by atoms with Crippen LogP contribution < -0.4 is 10.0 Å². The second kappa shape index (κ2) is 6.57. The molecule has 0 unspecified atom stereocenters. The van der Waals surface area contributed by atoms with Gasteiger partial charge in [-0.25, -0.2) is 21.9 Å². The van der Waals surface area contributed by atoms with Crippen LogP contribution in [0.3, 0.4) is 0 Å². The Bertz CT molecular complexity index is 592. The van der Waals surface area contributed by atoms with Crippen molar-refractivity contribution in [1.82, 2.24) is 4.72 Å². The van der Waals surface area contributed by atoms with E-state index in [1.54, 1.807) is 11.6 Å². The lowest BCUT2D eigenvalue weighted by Crippen LogP contribution is -2.28. The fourth-order valence-electron chi connectivity index (χ4n) is 1.43. The predicted molar refractivity (Wildman–Crippen MR) is 68.5 cm³/mol. The van der Waals surface area contributed by atoms with Crippen LogP contribution in [-0.2, 0) is 10.0 Å². The van der Waals surface area contributed by atoms with E-state index >= 15 is 0 Å². The monoisotopic (exact) mass is 309 g/mol. The second-order valence-corrected chi connectivity index (χ2v) is 5.48. The highest BCUT2D eigenvalue weighted by atomic mass is 32.2. The normalized spacial score (nSPS) is 11.6. The fraction of sp³-hybridized carbons (Fsp3) is 0.400. The van der Waals surface area contributed by atoms with Gasteiger partial charge in [-0.1, -0.05) is 0 Å². The number of anilines is 1. The summed E-state index contributed by atoms with van der Waals surface area (Å²) in [5.74, 6) is 0. The summed E-state index contributed by atoms with van der Waals surface area (Å²) >= 11 is 0. The quantitative estimate of drug-likeness (QED) is 0.588. The summed E-state index contributed by atoms with van der Waals surface area (Å²) in [6.07, 6.45) is -2.82. The van der Waals surface area contributed by atoms with E-state index in [-0.39, 0.29) is 16.3 Å². The molecule has 0 aliphatic carbocycles. The summed E-state index contributed by atoms with van der Waals surface area (Å²) in [4.78, 5) is 9.79. The van der Waals surface area contributed by atoms with Gasteiger partial charge >= 0.3 is 0 Å². The summed E-state index contributed by atoms with van der Waals surface area (Å²) in [6, 6.07) is 3.04. The molecular formula is C10H13F2N3O4S. The van der Waals surface area contributed by atoms with Gasteiger partial charge in [-0.3, -0.25) is 10.1 Å². The second-order valence-electron chi connectivity index (χ2n) is 3.71. The van der Waals surface area contributed by atoms with Gasteiger partial charge in [0.05, 0.1) is 16.4 Å².